The van der Waals surface area contributed by atoms with E-state index >= 15 is 0 Å². The Morgan fingerprint density at radius 1 is 0.931 bits per heavy atom. The maximum absolute atomic E-state index is 12.6. The second-order valence-corrected chi connectivity index (χ2v) is 7.09. The molecule has 2 aromatic rings. The Bertz CT molecular complexity index is 894. The Balaban J connectivity index is 1.68. The molecule has 0 saturated heterocycles. The minimum absolute atomic E-state index is 0.00735. The number of carbonyl (C=O) groups excluding carboxylic acids is 2. The molecule has 1 aliphatic carbocycles. The van der Waals surface area contributed by atoms with Crippen LogP contribution in [0.3, 0.4) is 0 Å². The number of ketones is 1. The summed E-state index contributed by atoms with van der Waals surface area (Å²) in [6.45, 7) is 0. The summed E-state index contributed by atoms with van der Waals surface area (Å²) >= 11 is 0. The van der Waals surface area contributed by atoms with E-state index in [2.05, 4.69) is 0 Å². The second kappa shape index (κ2) is 9.92. The van der Waals surface area contributed by atoms with Crippen LogP contribution in [-0.2, 0) is 4.79 Å². The van der Waals surface area contributed by atoms with Crippen LogP contribution in [-0.4, -0.2) is 26.0 Å². The van der Waals surface area contributed by atoms with Gasteiger partial charge in [-0.3, -0.25) is 9.59 Å². The molecule has 0 heterocycles. The van der Waals surface area contributed by atoms with Gasteiger partial charge in [0.05, 0.1) is 25.7 Å². The highest BCUT2D eigenvalue weighted by molar-refractivity contribution is 6.08. The summed E-state index contributed by atoms with van der Waals surface area (Å²) < 4.78 is 16.0. The van der Waals surface area contributed by atoms with Crippen molar-refractivity contribution in [2.45, 2.75) is 32.1 Å². The molecular formula is C24H26O5. The van der Waals surface area contributed by atoms with Crippen LogP contribution in [0.25, 0.3) is 6.08 Å². The molecule has 1 aliphatic rings. The van der Waals surface area contributed by atoms with Crippen LogP contribution in [0.5, 0.6) is 17.2 Å². The highest BCUT2D eigenvalue weighted by Crippen LogP contribution is 2.27. The molecule has 5 heteroatoms. The molecule has 0 N–H and O–H groups in total. The van der Waals surface area contributed by atoms with E-state index in [1.165, 1.54) is 19.6 Å². The topological polar surface area (TPSA) is 61.8 Å². The lowest BCUT2D eigenvalue weighted by molar-refractivity contribution is -0.139. The van der Waals surface area contributed by atoms with Crippen molar-refractivity contribution in [1.29, 1.82) is 0 Å². The first-order chi connectivity index (χ1) is 14.1. The Hall–Kier alpha value is -3.08. The van der Waals surface area contributed by atoms with Gasteiger partial charge in [0, 0.05) is 6.07 Å². The van der Waals surface area contributed by atoms with Gasteiger partial charge in [0.25, 0.3) is 0 Å². The summed E-state index contributed by atoms with van der Waals surface area (Å²) in [6, 6.07) is 12.2. The maximum Gasteiger partial charge on any atom is 0.314 e. The Labute approximate surface area is 171 Å². The van der Waals surface area contributed by atoms with E-state index in [1.807, 2.05) is 12.1 Å². The zero-order chi connectivity index (χ0) is 20.6. The molecule has 152 valence electrons. The van der Waals surface area contributed by atoms with Gasteiger partial charge in [-0.15, -0.1) is 0 Å². The summed E-state index contributed by atoms with van der Waals surface area (Å²) in [7, 11) is 3.07. The van der Waals surface area contributed by atoms with E-state index in [0.717, 1.165) is 31.2 Å². The third kappa shape index (κ3) is 5.47. The molecule has 0 atom stereocenters. The van der Waals surface area contributed by atoms with Gasteiger partial charge in [-0.2, -0.15) is 0 Å². The summed E-state index contributed by atoms with van der Waals surface area (Å²) in [6.07, 6.45) is 8.33. The zero-order valence-corrected chi connectivity index (χ0v) is 16.9. The molecule has 0 aliphatic heterocycles. The molecule has 0 amide bonds. The van der Waals surface area contributed by atoms with Crippen LogP contribution in [0.15, 0.2) is 48.5 Å². The number of allylic oxidation sites excluding steroid dienone is 1. The maximum atomic E-state index is 12.6. The van der Waals surface area contributed by atoms with E-state index in [9.17, 15) is 9.59 Å². The average molecular weight is 394 g/mol. The molecule has 0 unspecified atom stereocenters. The lowest BCUT2D eigenvalue weighted by Gasteiger charge is -2.19. The number of carbonyl (C=O) groups is 2. The monoisotopic (exact) mass is 394 g/mol. The van der Waals surface area contributed by atoms with E-state index in [4.69, 9.17) is 14.2 Å². The average Bonchev–Trinajstić information content (AvgIpc) is 2.77. The van der Waals surface area contributed by atoms with Crippen LogP contribution in [0, 0.1) is 5.92 Å². The van der Waals surface area contributed by atoms with E-state index in [-0.39, 0.29) is 17.7 Å². The molecule has 29 heavy (non-hydrogen) atoms. The van der Waals surface area contributed by atoms with Crippen molar-refractivity contribution in [3.05, 3.63) is 59.7 Å². The number of esters is 1. The van der Waals surface area contributed by atoms with Crippen molar-refractivity contribution in [1.82, 2.24) is 0 Å². The van der Waals surface area contributed by atoms with Crippen LogP contribution in [0.4, 0.5) is 0 Å². The molecule has 3 rings (SSSR count). The number of hydrogen-bond acceptors (Lipinski definition) is 5. The Kier molecular flexibility index (Phi) is 7.06. The SMILES string of the molecule is COc1ccc(C(=O)C=Cc2cccc(OC(=O)C3CCCCC3)c2)c(OC)c1. The van der Waals surface area contributed by atoms with Gasteiger partial charge in [0.1, 0.15) is 17.2 Å². The molecular weight excluding hydrogens is 368 g/mol. The number of methoxy groups -OCH3 is 2. The van der Waals surface area contributed by atoms with Crippen molar-refractivity contribution in [3.63, 3.8) is 0 Å². The molecule has 5 nitrogen and oxygen atoms in total. The molecule has 0 spiro atoms. The first-order valence-corrected chi connectivity index (χ1v) is 9.87. The van der Waals surface area contributed by atoms with Gasteiger partial charge >= 0.3 is 5.97 Å². The molecule has 1 saturated carbocycles. The summed E-state index contributed by atoms with van der Waals surface area (Å²) in [5, 5.41) is 0. The number of ether oxygens (including phenoxy) is 3. The van der Waals surface area contributed by atoms with Crippen molar-refractivity contribution in [3.8, 4) is 17.2 Å². The van der Waals surface area contributed by atoms with Crippen molar-refractivity contribution in [2.24, 2.45) is 5.92 Å². The third-order valence-corrected chi connectivity index (χ3v) is 5.12. The first-order valence-electron chi connectivity index (χ1n) is 9.87. The lowest BCUT2D eigenvalue weighted by Crippen LogP contribution is -2.22. The van der Waals surface area contributed by atoms with Gasteiger partial charge in [-0.25, -0.2) is 0 Å². The summed E-state index contributed by atoms with van der Waals surface area (Å²) in [5.74, 6) is 1.22. The normalized spacial score (nSPS) is 14.6. The smallest absolute Gasteiger partial charge is 0.314 e. The quantitative estimate of drug-likeness (QED) is 0.283. The number of benzene rings is 2. The van der Waals surface area contributed by atoms with Crippen LogP contribution < -0.4 is 14.2 Å². The molecule has 0 bridgehead atoms. The predicted molar refractivity (Wildman–Crippen MR) is 112 cm³/mol. The molecule has 0 aromatic heterocycles. The fraction of sp³-hybridized carbons (Fsp3) is 0.333. The minimum atomic E-state index is -0.186. The van der Waals surface area contributed by atoms with Crippen molar-refractivity contribution >= 4 is 17.8 Å². The van der Waals surface area contributed by atoms with Gasteiger partial charge in [-0.05, 0) is 48.7 Å². The molecule has 2 aromatic carbocycles. The summed E-state index contributed by atoms with van der Waals surface area (Å²) in [4.78, 5) is 24.9. The van der Waals surface area contributed by atoms with E-state index in [1.54, 1.807) is 43.5 Å². The van der Waals surface area contributed by atoms with Gasteiger partial charge in [-0.1, -0.05) is 37.5 Å². The largest absolute Gasteiger partial charge is 0.497 e. The lowest BCUT2D eigenvalue weighted by atomic mass is 9.89. The fourth-order valence-electron chi connectivity index (χ4n) is 3.48. The Morgan fingerprint density at radius 2 is 1.72 bits per heavy atom. The van der Waals surface area contributed by atoms with Crippen LogP contribution >= 0.6 is 0 Å². The van der Waals surface area contributed by atoms with Crippen LogP contribution in [0.1, 0.15) is 48.0 Å². The minimum Gasteiger partial charge on any atom is -0.497 e. The first kappa shape index (κ1) is 20.6. The fourth-order valence-corrected chi connectivity index (χ4v) is 3.48. The van der Waals surface area contributed by atoms with Gasteiger partial charge in [0.15, 0.2) is 5.78 Å². The van der Waals surface area contributed by atoms with E-state index in [0.29, 0.717) is 22.8 Å². The van der Waals surface area contributed by atoms with Gasteiger partial charge < -0.3 is 14.2 Å². The molecule has 1 fully saturated rings. The number of hydrogen-bond donors (Lipinski definition) is 0. The Morgan fingerprint density at radius 3 is 2.45 bits per heavy atom. The van der Waals surface area contributed by atoms with Crippen LogP contribution in [0.2, 0.25) is 0 Å². The summed E-state index contributed by atoms with van der Waals surface area (Å²) in [5.41, 5.74) is 1.23. The standard InChI is InChI=1S/C24H26O5/c1-27-19-12-13-21(23(16-19)28-2)22(25)14-11-17-7-6-10-20(15-17)29-24(26)18-8-4-3-5-9-18/h6-7,10-16,18H,3-5,8-9H2,1-2H3. The second-order valence-electron chi connectivity index (χ2n) is 7.09. The third-order valence-electron chi connectivity index (χ3n) is 5.12. The van der Waals surface area contributed by atoms with E-state index < -0.39 is 0 Å². The molecule has 0 radical (unpaired) electrons. The van der Waals surface area contributed by atoms with Crippen molar-refractivity contribution < 1.29 is 23.8 Å². The van der Waals surface area contributed by atoms with Gasteiger partial charge in [0.2, 0.25) is 0 Å². The number of rotatable bonds is 7. The highest BCUT2D eigenvalue weighted by atomic mass is 16.5. The zero-order valence-electron chi connectivity index (χ0n) is 16.9. The predicted octanol–water partition coefficient (Wildman–Crippen LogP) is 5.09. The highest BCUT2D eigenvalue weighted by Gasteiger charge is 2.23. The van der Waals surface area contributed by atoms with Crippen molar-refractivity contribution in [2.75, 3.05) is 14.2 Å².